The van der Waals surface area contributed by atoms with Crippen molar-refractivity contribution in [3.05, 3.63) is 0 Å². The van der Waals surface area contributed by atoms with Gasteiger partial charge in [-0.1, -0.05) is 6.92 Å². The van der Waals surface area contributed by atoms with Crippen molar-refractivity contribution in [2.75, 3.05) is 19.6 Å². The minimum absolute atomic E-state index is 0.243. The van der Waals surface area contributed by atoms with Gasteiger partial charge in [0.25, 0.3) is 6.43 Å². The molecular formula is C10H20F2N2. The highest BCUT2D eigenvalue weighted by molar-refractivity contribution is 4.80. The molecule has 14 heavy (non-hydrogen) atoms. The van der Waals surface area contributed by atoms with Crippen molar-refractivity contribution >= 4 is 0 Å². The fourth-order valence-electron chi connectivity index (χ4n) is 1.92. The van der Waals surface area contributed by atoms with E-state index in [0.29, 0.717) is 0 Å². The molecule has 2 nitrogen and oxygen atoms in total. The third kappa shape index (κ3) is 3.50. The van der Waals surface area contributed by atoms with Crippen LogP contribution in [0.3, 0.4) is 0 Å². The third-order valence-corrected chi connectivity index (χ3v) is 2.83. The minimum atomic E-state index is -2.26. The average Bonchev–Trinajstić information content (AvgIpc) is 2.18. The first kappa shape index (κ1) is 11.9. The van der Waals surface area contributed by atoms with Gasteiger partial charge in [-0.2, -0.15) is 0 Å². The molecule has 1 heterocycles. The van der Waals surface area contributed by atoms with Crippen molar-refractivity contribution in [1.29, 1.82) is 0 Å². The molecule has 1 aliphatic rings. The molecule has 0 aromatic rings. The summed E-state index contributed by atoms with van der Waals surface area (Å²) >= 11 is 0. The Morgan fingerprint density at radius 2 is 2.21 bits per heavy atom. The van der Waals surface area contributed by atoms with Crippen molar-refractivity contribution in [3.8, 4) is 0 Å². The van der Waals surface area contributed by atoms with Crippen LogP contribution in [0.1, 0.15) is 26.7 Å². The Kier molecular flexibility index (Phi) is 4.75. The topological polar surface area (TPSA) is 15.3 Å². The van der Waals surface area contributed by atoms with Gasteiger partial charge in [-0.25, -0.2) is 8.78 Å². The highest BCUT2D eigenvalue weighted by atomic mass is 19.3. The molecule has 1 fully saturated rings. The first-order valence-electron chi connectivity index (χ1n) is 5.40. The van der Waals surface area contributed by atoms with Gasteiger partial charge < -0.3 is 10.2 Å². The lowest BCUT2D eigenvalue weighted by molar-refractivity contribution is 0.0885. The van der Waals surface area contributed by atoms with Gasteiger partial charge in [0.2, 0.25) is 0 Å². The molecule has 1 N–H and O–H groups in total. The number of nitrogens with one attached hydrogen (secondary N) is 1. The summed E-state index contributed by atoms with van der Waals surface area (Å²) in [6, 6.07) is -0.440. The van der Waals surface area contributed by atoms with Crippen LogP contribution in [0.2, 0.25) is 0 Å². The standard InChI is InChI=1S/C10H20F2N2/c1-3-14-6-4-5-9(7-14)13-8(2)10(11)12/h8-10,13H,3-7H2,1-2H3. The van der Waals surface area contributed by atoms with Crippen molar-refractivity contribution in [1.82, 2.24) is 10.2 Å². The van der Waals surface area contributed by atoms with Crippen LogP contribution in [0.4, 0.5) is 8.78 Å². The minimum Gasteiger partial charge on any atom is -0.305 e. The van der Waals surface area contributed by atoms with E-state index in [4.69, 9.17) is 0 Å². The van der Waals surface area contributed by atoms with E-state index in [1.165, 1.54) is 0 Å². The van der Waals surface area contributed by atoms with Crippen LogP contribution >= 0.6 is 0 Å². The lowest BCUT2D eigenvalue weighted by Crippen LogP contribution is -2.49. The van der Waals surface area contributed by atoms with E-state index in [0.717, 1.165) is 32.5 Å². The maximum Gasteiger partial charge on any atom is 0.253 e. The zero-order valence-electron chi connectivity index (χ0n) is 8.97. The van der Waals surface area contributed by atoms with Gasteiger partial charge in [0.15, 0.2) is 0 Å². The van der Waals surface area contributed by atoms with Crippen molar-refractivity contribution < 1.29 is 8.78 Å². The van der Waals surface area contributed by atoms with Gasteiger partial charge >= 0.3 is 0 Å². The predicted octanol–water partition coefficient (Wildman–Crippen LogP) is 1.71. The van der Waals surface area contributed by atoms with Crippen LogP contribution in [0.5, 0.6) is 0 Å². The van der Waals surface area contributed by atoms with Gasteiger partial charge in [0, 0.05) is 12.6 Å². The second kappa shape index (κ2) is 5.61. The average molecular weight is 206 g/mol. The first-order valence-corrected chi connectivity index (χ1v) is 5.40. The summed E-state index contributed by atoms with van der Waals surface area (Å²) in [5, 5.41) is 2.99. The molecule has 0 aromatic heterocycles. The molecule has 2 atom stereocenters. The first-order chi connectivity index (χ1) is 6.63. The molecule has 0 spiro atoms. The summed E-state index contributed by atoms with van der Waals surface area (Å²) < 4.78 is 24.6. The normalized spacial score (nSPS) is 26.8. The lowest BCUT2D eigenvalue weighted by Gasteiger charge is -2.33. The van der Waals surface area contributed by atoms with Crippen molar-refractivity contribution in [3.63, 3.8) is 0 Å². The second-order valence-electron chi connectivity index (χ2n) is 4.02. The number of halogens is 2. The van der Waals surface area contributed by atoms with Crippen LogP contribution in [0, 0.1) is 0 Å². The Balaban J connectivity index is 2.30. The molecule has 1 aliphatic heterocycles. The summed E-state index contributed by atoms with van der Waals surface area (Å²) in [4.78, 5) is 2.30. The second-order valence-corrected chi connectivity index (χ2v) is 4.02. The smallest absolute Gasteiger partial charge is 0.253 e. The number of alkyl halides is 2. The van der Waals surface area contributed by atoms with E-state index in [9.17, 15) is 8.78 Å². The fourth-order valence-corrected chi connectivity index (χ4v) is 1.92. The highest BCUT2D eigenvalue weighted by Gasteiger charge is 2.23. The third-order valence-electron chi connectivity index (χ3n) is 2.83. The highest BCUT2D eigenvalue weighted by Crippen LogP contribution is 2.11. The largest absolute Gasteiger partial charge is 0.305 e. The van der Waals surface area contributed by atoms with Crippen LogP contribution in [-0.4, -0.2) is 43.0 Å². The van der Waals surface area contributed by atoms with E-state index in [1.807, 2.05) is 0 Å². The van der Waals surface area contributed by atoms with Crippen LogP contribution in [0.25, 0.3) is 0 Å². The maximum absolute atomic E-state index is 12.3. The van der Waals surface area contributed by atoms with Crippen LogP contribution in [0.15, 0.2) is 0 Å². The number of likely N-dealkylation sites (N-methyl/N-ethyl adjacent to an activating group) is 1. The molecule has 4 heteroatoms. The zero-order valence-corrected chi connectivity index (χ0v) is 8.97. The summed E-state index contributed by atoms with van der Waals surface area (Å²) in [6.07, 6.45) is -0.123. The molecule has 0 radical (unpaired) electrons. The van der Waals surface area contributed by atoms with E-state index in [2.05, 4.69) is 17.1 Å². The molecule has 0 aromatic carbocycles. The van der Waals surface area contributed by atoms with Gasteiger partial charge in [-0.15, -0.1) is 0 Å². The quantitative estimate of drug-likeness (QED) is 0.753. The van der Waals surface area contributed by atoms with E-state index < -0.39 is 12.5 Å². The van der Waals surface area contributed by atoms with Crippen LogP contribution in [-0.2, 0) is 0 Å². The SMILES string of the molecule is CCN1CCCC(NC(C)C(F)F)C1. The molecule has 0 bridgehead atoms. The van der Waals surface area contributed by atoms with Crippen molar-refractivity contribution in [2.24, 2.45) is 0 Å². The van der Waals surface area contributed by atoms with Gasteiger partial charge in [-0.05, 0) is 32.9 Å². The van der Waals surface area contributed by atoms with E-state index in [-0.39, 0.29) is 6.04 Å². The molecule has 1 saturated heterocycles. The summed E-state index contributed by atoms with van der Waals surface area (Å²) in [7, 11) is 0. The number of hydrogen-bond acceptors (Lipinski definition) is 2. The molecular weight excluding hydrogens is 186 g/mol. The van der Waals surface area contributed by atoms with Gasteiger partial charge in [0.05, 0.1) is 6.04 Å². The Hall–Kier alpha value is -0.220. The number of piperidine rings is 1. The molecule has 1 rings (SSSR count). The van der Waals surface area contributed by atoms with E-state index in [1.54, 1.807) is 6.92 Å². The molecule has 84 valence electrons. The molecule has 0 saturated carbocycles. The van der Waals surface area contributed by atoms with Gasteiger partial charge in [-0.3, -0.25) is 0 Å². The summed E-state index contributed by atoms with van der Waals surface area (Å²) in [5.74, 6) is 0. The lowest BCUT2D eigenvalue weighted by atomic mass is 10.1. The zero-order chi connectivity index (χ0) is 10.6. The van der Waals surface area contributed by atoms with E-state index >= 15 is 0 Å². The number of rotatable bonds is 4. The number of likely N-dealkylation sites (tertiary alicyclic amines) is 1. The molecule has 2 unspecified atom stereocenters. The molecule has 0 aliphatic carbocycles. The predicted molar refractivity (Wildman–Crippen MR) is 53.7 cm³/mol. The maximum atomic E-state index is 12.3. The number of hydrogen-bond donors (Lipinski definition) is 1. The Morgan fingerprint density at radius 1 is 1.50 bits per heavy atom. The summed E-state index contributed by atoms with van der Waals surface area (Å²) in [5.41, 5.74) is 0. The monoisotopic (exact) mass is 206 g/mol. The summed E-state index contributed by atoms with van der Waals surface area (Å²) in [6.45, 7) is 6.70. The number of nitrogens with zero attached hydrogens (tertiary/aromatic N) is 1. The van der Waals surface area contributed by atoms with Gasteiger partial charge in [0.1, 0.15) is 0 Å². The van der Waals surface area contributed by atoms with Crippen molar-refractivity contribution in [2.45, 2.75) is 45.2 Å². The fraction of sp³-hybridized carbons (Fsp3) is 1.00. The van der Waals surface area contributed by atoms with Crippen LogP contribution < -0.4 is 5.32 Å². The molecule has 0 amide bonds. The Labute approximate surface area is 84.7 Å². The Morgan fingerprint density at radius 3 is 2.79 bits per heavy atom. The Bertz CT molecular complexity index is 164.